The topological polar surface area (TPSA) is 83.4 Å². The molecule has 1 amide bonds. The molecule has 1 aliphatic heterocycles. The molecule has 10 heteroatoms. The summed E-state index contributed by atoms with van der Waals surface area (Å²) in [7, 11) is 0. The number of fused-ring (bicyclic) bond motifs is 1. The summed E-state index contributed by atoms with van der Waals surface area (Å²) in [5.41, 5.74) is 1.69. The number of likely N-dealkylation sites (N-methyl/N-ethyl adjacent to an activating group) is 1. The summed E-state index contributed by atoms with van der Waals surface area (Å²) in [5, 5.41) is 4.15. The highest BCUT2D eigenvalue weighted by atomic mass is 35.5. The van der Waals surface area contributed by atoms with Crippen LogP contribution in [0.5, 0.6) is 0 Å². The largest absolute Gasteiger partial charge is 0.345 e. The highest BCUT2D eigenvalue weighted by Crippen LogP contribution is 2.26. The molecule has 0 saturated carbocycles. The molecule has 1 N–H and O–H groups in total. The standard InChI is InChI=1S/C20H23ClN6O2S/c1-3-25-6-8-26(9-7-25)20-24-18-17(30-20)19(29)27(12-22-18)11-16(28)23-15-10-14(21)5-4-13(15)2/h4-5,10,12H,3,6-9,11H2,1-2H3,(H,23,28). The van der Waals surface area contributed by atoms with Crippen molar-refractivity contribution in [1.29, 1.82) is 0 Å². The van der Waals surface area contributed by atoms with E-state index in [-0.39, 0.29) is 18.0 Å². The third-order valence-corrected chi connectivity index (χ3v) is 6.58. The Kier molecular flexibility index (Phi) is 6.03. The van der Waals surface area contributed by atoms with Crippen molar-refractivity contribution in [2.45, 2.75) is 20.4 Å². The van der Waals surface area contributed by atoms with Crippen LogP contribution in [0.25, 0.3) is 10.3 Å². The fraction of sp³-hybridized carbons (Fsp3) is 0.400. The molecule has 158 valence electrons. The second-order valence-corrected chi connectivity index (χ2v) is 8.67. The number of rotatable bonds is 5. The van der Waals surface area contributed by atoms with Crippen LogP contribution in [0.1, 0.15) is 12.5 Å². The number of nitrogens with zero attached hydrogens (tertiary/aromatic N) is 5. The van der Waals surface area contributed by atoms with Crippen LogP contribution in [0.2, 0.25) is 5.02 Å². The Morgan fingerprint density at radius 2 is 2.03 bits per heavy atom. The van der Waals surface area contributed by atoms with E-state index in [1.54, 1.807) is 12.1 Å². The fourth-order valence-electron chi connectivity index (χ4n) is 3.41. The van der Waals surface area contributed by atoms with Gasteiger partial charge in [-0.05, 0) is 31.2 Å². The molecule has 3 aromatic rings. The molecule has 1 fully saturated rings. The van der Waals surface area contributed by atoms with E-state index in [2.05, 4.69) is 32.0 Å². The number of carbonyl (C=O) groups is 1. The maximum absolute atomic E-state index is 12.9. The third-order valence-electron chi connectivity index (χ3n) is 5.25. The summed E-state index contributed by atoms with van der Waals surface area (Å²) < 4.78 is 1.78. The minimum absolute atomic E-state index is 0.129. The van der Waals surface area contributed by atoms with Crippen LogP contribution < -0.4 is 15.8 Å². The predicted molar refractivity (Wildman–Crippen MR) is 121 cm³/mol. The number of halogens is 1. The lowest BCUT2D eigenvalue weighted by Gasteiger charge is -2.33. The van der Waals surface area contributed by atoms with Gasteiger partial charge in [-0.2, -0.15) is 4.98 Å². The molecule has 0 aliphatic carbocycles. The summed E-state index contributed by atoms with van der Waals surface area (Å²) >= 11 is 7.35. The molecule has 0 bridgehead atoms. The first kappa shape index (κ1) is 20.8. The Hall–Kier alpha value is -2.49. The van der Waals surface area contributed by atoms with E-state index in [9.17, 15) is 9.59 Å². The summed E-state index contributed by atoms with van der Waals surface area (Å²) in [6.45, 7) is 8.66. The lowest BCUT2D eigenvalue weighted by molar-refractivity contribution is -0.116. The number of nitrogens with one attached hydrogen (secondary N) is 1. The van der Waals surface area contributed by atoms with Gasteiger partial charge in [-0.1, -0.05) is 35.9 Å². The number of piperazine rings is 1. The predicted octanol–water partition coefficient (Wildman–Crippen LogP) is 2.60. The minimum Gasteiger partial charge on any atom is -0.345 e. The first-order valence-electron chi connectivity index (χ1n) is 9.84. The molecule has 2 aromatic heterocycles. The number of carbonyl (C=O) groups excluding carboxylic acids is 1. The first-order chi connectivity index (χ1) is 14.4. The normalized spacial score (nSPS) is 15.0. The molecule has 1 aliphatic rings. The number of anilines is 2. The SMILES string of the molecule is CCN1CCN(c2nc3ncn(CC(=O)Nc4cc(Cl)ccc4C)c(=O)c3s2)CC1. The molecule has 0 radical (unpaired) electrons. The van der Waals surface area contributed by atoms with Crippen molar-refractivity contribution in [2.24, 2.45) is 0 Å². The van der Waals surface area contributed by atoms with Gasteiger partial charge in [0.2, 0.25) is 5.91 Å². The van der Waals surface area contributed by atoms with Crippen molar-refractivity contribution in [3.8, 4) is 0 Å². The lowest BCUT2D eigenvalue weighted by Crippen LogP contribution is -2.46. The summed E-state index contributed by atoms with van der Waals surface area (Å²) in [6.07, 6.45) is 1.38. The zero-order valence-electron chi connectivity index (χ0n) is 16.9. The van der Waals surface area contributed by atoms with Gasteiger partial charge in [-0.15, -0.1) is 0 Å². The average Bonchev–Trinajstić information content (AvgIpc) is 3.18. The molecule has 0 atom stereocenters. The molecular weight excluding hydrogens is 424 g/mol. The van der Waals surface area contributed by atoms with Gasteiger partial charge in [0, 0.05) is 36.9 Å². The van der Waals surface area contributed by atoms with Gasteiger partial charge < -0.3 is 15.1 Å². The zero-order valence-corrected chi connectivity index (χ0v) is 18.5. The number of aromatic nitrogens is 3. The molecule has 3 heterocycles. The Morgan fingerprint density at radius 1 is 1.27 bits per heavy atom. The van der Waals surface area contributed by atoms with Gasteiger partial charge in [0.1, 0.15) is 17.6 Å². The van der Waals surface area contributed by atoms with Crippen LogP contribution in [-0.2, 0) is 11.3 Å². The van der Waals surface area contributed by atoms with Crippen molar-refractivity contribution < 1.29 is 4.79 Å². The van der Waals surface area contributed by atoms with E-state index in [0.29, 0.717) is 21.1 Å². The number of hydrogen-bond donors (Lipinski definition) is 1. The van der Waals surface area contributed by atoms with Gasteiger partial charge in [-0.25, -0.2) is 4.98 Å². The summed E-state index contributed by atoms with van der Waals surface area (Å²) in [4.78, 5) is 38.8. The Morgan fingerprint density at radius 3 is 2.77 bits per heavy atom. The smallest absolute Gasteiger partial charge is 0.273 e. The van der Waals surface area contributed by atoms with Crippen LogP contribution >= 0.6 is 22.9 Å². The number of aryl methyl sites for hydroxylation is 1. The highest BCUT2D eigenvalue weighted by molar-refractivity contribution is 7.22. The van der Waals surface area contributed by atoms with E-state index in [1.165, 1.54) is 22.2 Å². The van der Waals surface area contributed by atoms with Gasteiger partial charge in [0.15, 0.2) is 10.8 Å². The van der Waals surface area contributed by atoms with Gasteiger partial charge in [0.05, 0.1) is 0 Å². The van der Waals surface area contributed by atoms with Gasteiger partial charge >= 0.3 is 0 Å². The van der Waals surface area contributed by atoms with E-state index < -0.39 is 0 Å². The van der Waals surface area contributed by atoms with Crippen LogP contribution in [0, 0.1) is 6.92 Å². The van der Waals surface area contributed by atoms with Crippen molar-refractivity contribution in [1.82, 2.24) is 19.4 Å². The molecule has 8 nitrogen and oxygen atoms in total. The van der Waals surface area contributed by atoms with Crippen molar-refractivity contribution in [3.05, 3.63) is 45.5 Å². The van der Waals surface area contributed by atoms with Crippen LogP contribution in [0.4, 0.5) is 10.8 Å². The number of thiazole rings is 1. The van der Waals surface area contributed by atoms with E-state index in [4.69, 9.17) is 11.6 Å². The van der Waals surface area contributed by atoms with E-state index in [1.807, 2.05) is 13.0 Å². The Labute approximate surface area is 183 Å². The maximum atomic E-state index is 12.9. The first-order valence-corrected chi connectivity index (χ1v) is 11.0. The molecule has 30 heavy (non-hydrogen) atoms. The second-order valence-electron chi connectivity index (χ2n) is 7.26. The highest BCUT2D eigenvalue weighted by Gasteiger charge is 2.21. The number of amides is 1. The fourth-order valence-corrected chi connectivity index (χ4v) is 4.60. The van der Waals surface area contributed by atoms with Gasteiger partial charge in [-0.3, -0.25) is 14.2 Å². The van der Waals surface area contributed by atoms with Crippen LogP contribution in [0.3, 0.4) is 0 Å². The van der Waals surface area contributed by atoms with Gasteiger partial charge in [0.25, 0.3) is 5.56 Å². The van der Waals surface area contributed by atoms with E-state index in [0.717, 1.165) is 43.4 Å². The van der Waals surface area contributed by atoms with Crippen molar-refractivity contribution >= 4 is 50.0 Å². The average molecular weight is 447 g/mol. The lowest BCUT2D eigenvalue weighted by atomic mass is 10.2. The van der Waals surface area contributed by atoms with E-state index >= 15 is 0 Å². The molecule has 4 rings (SSSR count). The third kappa shape index (κ3) is 4.33. The van der Waals surface area contributed by atoms with Crippen LogP contribution in [0.15, 0.2) is 29.3 Å². The maximum Gasteiger partial charge on any atom is 0.273 e. The van der Waals surface area contributed by atoms with Crippen molar-refractivity contribution in [3.63, 3.8) is 0 Å². The Balaban J connectivity index is 1.51. The molecule has 1 aromatic carbocycles. The summed E-state index contributed by atoms with van der Waals surface area (Å²) in [5.74, 6) is -0.316. The monoisotopic (exact) mass is 446 g/mol. The quantitative estimate of drug-likeness (QED) is 0.648. The molecule has 1 saturated heterocycles. The number of benzene rings is 1. The Bertz CT molecular complexity index is 1140. The van der Waals surface area contributed by atoms with Crippen molar-refractivity contribution in [2.75, 3.05) is 42.9 Å². The second kappa shape index (κ2) is 8.71. The summed E-state index contributed by atoms with van der Waals surface area (Å²) in [6, 6.07) is 5.28. The molecule has 0 unspecified atom stereocenters. The number of hydrogen-bond acceptors (Lipinski definition) is 7. The minimum atomic E-state index is -0.316. The zero-order chi connectivity index (χ0) is 21.3. The molecular formula is C20H23ClN6O2S. The van der Waals surface area contributed by atoms with Crippen LogP contribution in [-0.4, -0.2) is 58.1 Å². The molecule has 0 spiro atoms.